The Kier molecular flexibility index (Phi) is 6.19. The molecule has 2 aromatic rings. The van der Waals surface area contributed by atoms with E-state index in [-0.39, 0.29) is 29.7 Å². The summed E-state index contributed by atoms with van der Waals surface area (Å²) in [6.07, 6.45) is 0.255. The highest BCUT2D eigenvalue weighted by Gasteiger charge is 2.17. The predicted molar refractivity (Wildman–Crippen MR) is 100 cm³/mol. The van der Waals surface area contributed by atoms with Crippen molar-refractivity contribution < 1.29 is 4.79 Å². The lowest BCUT2D eigenvalue weighted by Gasteiger charge is -2.22. The maximum absolute atomic E-state index is 12.7. The zero-order valence-electron chi connectivity index (χ0n) is 14.2. The van der Waals surface area contributed by atoms with Crippen LogP contribution in [-0.2, 0) is 4.79 Å². The fraction of sp³-hybridized carbons (Fsp3) is 0.294. The molecule has 1 heterocycles. The molecule has 0 atom stereocenters. The number of amides is 1. The van der Waals surface area contributed by atoms with Crippen LogP contribution in [0.15, 0.2) is 29.4 Å². The summed E-state index contributed by atoms with van der Waals surface area (Å²) in [7, 11) is 0. The third kappa shape index (κ3) is 5.36. The summed E-state index contributed by atoms with van der Waals surface area (Å²) in [5, 5.41) is 9.23. The number of aromatic nitrogens is 2. The molecule has 2 rings (SSSR count). The molecule has 25 heavy (non-hydrogen) atoms. The molecule has 130 valence electrons. The van der Waals surface area contributed by atoms with E-state index < -0.39 is 0 Å². The molecular formula is C17H20N6OS. The average molecular weight is 356 g/mol. The number of nitrogens with two attached hydrogens (primary N) is 2. The number of carbonyl (C=O) groups is 1. The standard InChI is InChI=1S/C17H20N6OS/c1-11-6-12(2)8-13(7-11)23(5-3-4-18)16(24)10-25-17-21-14(19)9-15(20)22-17/h6-9H,3,5,10H2,1-2H3,(H4,19,20,21,22). The van der Waals surface area contributed by atoms with Gasteiger partial charge in [-0.1, -0.05) is 17.8 Å². The number of anilines is 3. The lowest BCUT2D eigenvalue weighted by Crippen LogP contribution is -2.33. The van der Waals surface area contributed by atoms with Gasteiger partial charge < -0.3 is 16.4 Å². The molecule has 1 aromatic heterocycles. The SMILES string of the molecule is Cc1cc(C)cc(N(CCC#N)C(=O)CSc2nc(N)cc(N)n2)c1. The van der Waals surface area contributed by atoms with E-state index in [1.54, 1.807) is 4.90 Å². The first-order valence-corrected chi connectivity index (χ1v) is 8.66. The van der Waals surface area contributed by atoms with E-state index >= 15 is 0 Å². The lowest BCUT2D eigenvalue weighted by molar-refractivity contribution is -0.116. The van der Waals surface area contributed by atoms with Gasteiger partial charge in [0.25, 0.3) is 0 Å². The minimum atomic E-state index is -0.130. The number of benzene rings is 1. The third-order valence-electron chi connectivity index (χ3n) is 3.34. The number of hydrogen-bond acceptors (Lipinski definition) is 7. The van der Waals surface area contributed by atoms with Crippen molar-refractivity contribution >= 4 is 35.0 Å². The Labute approximate surface area is 151 Å². The zero-order chi connectivity index (χ0) is 18.4. The topological polar surface area (TPSA) is 122 Å². The third-order valence-corrected chi connectivity index (χ3v) is 4.17. The highest BCUT2D eigenvalue weighted by atomic mass is 32.2. The summed E-state index contributed by atoms with van der Waals surface area (Å²) < 4.78 is 0. The summed E-state index contributed by atoms with van der Waals surface area (Å²) in [6.45, 7) is 4.28. The molecule has 0 aliphatic heterocycles. The van der Waals surface area contributed by atoms with E-state index in [4.69, 9.17) is 16.7 Å². The number of carbonyl (C=O) groups excluding carboxylic acids is 1. The summed E-state index contributed by atoms with van der Waals surface area (Å²) in [5.74, 6) is 0.521. The van der Waals surface area contributed by atoms with Crippen molar-refractivity contribution in [3.05, 3.63) is 35.4 Å². The molecule has 0 bridgehead atoms. The summed E-state index contributed by atoms with van der Waals surface area (Å²) >= 11 is 1.17. The van der Waals surface area contributed by atoms with Crippen LogP contribution in [0.4, 0.5) is 17.3 Å². The smallest absolute Gasteiger partial charge is 0.237 e. The van der Waals surface area contributed by atoms with E-state index in [1.807, 2.05) is 32.0 Å². The van der Waals surface area contributed by atoms with Crippen molar-refractivity contribution in [3.63, 3.8) is 0 Å². The van der Waals surface area contributed by atoms with Gasteiger partial charge in [0.1, 0.15) is 11.6 Å². The minimum Gasteiger partial charge on any atom is -0.383 e. The Bertz CT molecular complexity index is 777. The van der Waals surface area contributed by atoms with Gasteiger partial charge in [-0.3, -0.25) is 4.79 Å². The van der Waals surface area contributed by atoms with Gasteiger partial charge in [0.2, 0.25) is 5.91 Å². The maximum Gasteiger partial charge on any atom is 0.237 e. The van der Waals surface area contributed by atoms with E-state index in [1.165, 1.54) is 17.8 Å². The summed E-state index contributed by atoms with van der Waals surface area (Å²) in [4.78, 5) is 22.4. The molecule has 7 nitrogen and oxygen atoms in total. The van der Waals surface area contributed by atoms with E-state index in [0.29, 0.717) is 11.7 Å². The number of rotatable bonds is 6. The second-order valence-electron chi connectivity index (χ2n) is 5.59. The Balaban J connectivity index is 2.16. The fourth-order valence-electron chi connectivity index (χ4n) is 2.40. The Hall–Kier alpha value is -2.79. The van der Waals surface area contributed by atoms with E-state index in [2.05, 4.69) is 16.0 Å². The number of nitriles is 1. The van der Waals surface area contributed by atoms with Crippen LogP contribution in [0.5, 0.6) is 0 Å². The van der Waals surface area contributed by atoms with Crippen LogP contribution < -0.4 is 16.4 Å². The van der Waals surface area contributed by atoms with Crippen LogP contribution in [0, 0.1) is 25.2 Å². The molecule has 0 saturated carbocycles. The molecule has 0 unspecified atom stereocenters. The number of nitrogens with zero attached hydrogens (tertiary/aromatic N) is 4. The van der Waals surface area contributed by atoms with Crippen molar-refractivity contribution in [3.8, 4) is 6.07 Å². The second-order valence-corrected chi connectivity index (χ2v) is 6.53. The molecule has 0 radical (unpaired) electrons. The van der Waals surface area contributed by atoms with Crippen molar-refractivity contribution in [1.29, 1.82) is 5.26 Å². The lowest BCUT2D eigenvalue weighted by atomic mass is 10.1. The van der Waals surface area contributed by atoms with Gasteiger partial charge in [-0.25, -0.2) is 9.97 Å². The van der Waals surface area contributed by atoms with Gasteiger partial charge in [0, 0.05) is 18.3 Å². The van der Waals surface area contributed by atoms with E-state index in [9.17, 15) is 4.79 Å². The van der Waals surface area contributed by atoms with Crippen LogP contribution in [-0.4, -0.2) is 28.2 Å². The van der Waals surface area contributed by atoms with Gasteiger partial charge in [-0.2, -0.15) is 5.26 Å². The van der Waals surface area contributed by atoms with Crippen LogP contribution in [0.2, 0.25) is 0 Å². The first-order valence-electron chi connectivity index (χ1n) is 7.67. The molecule has 1 amide bonds. The normalized spacial score (nSPS) is 10.3. The van der Waals surface area contributed by atoms with Gasteiger partial charge in [-0.05, 0) is 37.1 Å². The molecule has 0 aliphatic rings. The van der Waals surface area contributed by atoms with Crippen molar-refractivity contribution in [2.75, 3.05) is 28.7 Å². The second kappa shape index (κ2) is 8.35. The molecular weight excluding hydrogens is 336 g/mol. The minimum absolute atomic E-state index is 0.126. The quantitative estimate of drug-likeness (QED) is 0.601. The summed E-state index contributed by atoms with van der Waals surface area (Å²) in [5.41, 5.74) is 14.2. The molecule has 0 saturated heterocycles. The molecule has 0 aliphatic carbocycles. The van der Waals surface area contributed by atoms with Gasteiger partial charge in [-0.15, -0.1) is 0 Å². The maximum atomic E-state index is 12.7. The molecule has 1 aromatic carbocycles. The van der Waals surface area contributed by atoms with Gasteiger partial charge in [0.15, 0.2) is 5.16 Å². The fourth-order valence-corrected chi connectivity index (χ4v) is 3.15. The number of thioether (sulfide) groups is 1. The highest BCUT2D eigenvalue weighted by Crippen LogP contribution is 2.22. The Morgan fingerprint density at radius 2 is 1.76 bits per heavy atom. The molecule has 0 fully saturated rings. The monoisotopic (exact) mass is 356 g/mol. The van der Waals surface area contributed by atoms with Gasteiger partial charge >= 0.3 is 0 Å². The van der Waals surface area contributed by atoms with Crippen LogP contribution in [0.1, 0.15) is 17.5 Å². The Morgan fingerprint density at radius 3 is 2.32 bits per heavy atom. The molecule has 8 heteroatoms. The number of aryl methyl sites for hydroxylation is 2. The van der Waals surface area contributed by atoms with Crippen molar-refractivity contribution in [2.24, 2.45) is 0 Å². The first-order chi connectivity index (χ1) is 11.9. The van der Waals surface area contributed by atoms with Crippen molar-refractivity contribution in [1.82, 2.24) is 9.97 Å². The average Bonchev–Trinajstić information content (AvgIpc) is 2.51. The van der Waals surface area contributed by atoms with E-state index in [0.717, 1.165) is 16.8 Å². The molecule has 0 spiro atoms. The largest absolute Gasteiger partial charge is 0.383 e. The van der Waals surface area contributed by atoms with Gasteiger partial charge in [0.05, 0.1) is 18.2 Å². The first kappa shape index (κ1) is 18.5. The van der Waals surface area contributed by atoms with Crippen LogP contribution in [0.25, 0.3) is 0 Å². The zero-order valence-corrected chi connectivity index (χ0v) is 15.0. The van der Waals surface area contributed by atoms with Crippen LogP contribution >= 0.6 is 11.8 Å². The Morgan fingerprint density at radius 1 is 1.16 bits per heavy atom. The van der Waals surface area contributed by atoms with Crippen molar-refractivity contribution in [2.45, 2.75) is 25.4 Å². The number of hydrogen-bond donors (Lipinski definition) is 2. The molecule has 4 N–H and O–H groups in total. The predicted octanol–water partition coefficient (Wildman–Crippen LogP) is 2.30. The summed E-state index contributed by atoms with van der Waals surface area (Å²) in [6, 6.07) is 9.44. The number of nitrogen functional groups attached to an aromatic ring is 2. The van der Waals surface area contributed by atoms with Crippen LogP contribution in [0.3, 0.4) is 0 Å². The highest BCUT2D eigenvalue weighted by molar-refractivity contribution is 7.99.